The average Bonchev–Trinajstić information content (AvgIpc) is 3.03. The van der Waals surface area contributed by atoms with E-state index in [1.165, 1.54) is 11.3 Å². The van der Waals surface area contributed by atoms with Crippen LogP contribution in [0.5, 0.6) is 5.88 Å². The Kier molecular flexibility index (Phi) is 3.97. The van der Waals surface area contributed by atoms with Crippen molar-refractivity contribution in [1.29, 1.82) is 0 Å². The number of anilines is 1. The highest BCUT2D eigenvalue weighted by Gasteiger charge is 2.06. The van der Waals surface area contributed by atoms with Gasteiger partial charge in [-0.1, -0.05) is 0 Å². The van der Waals surface area contributed by atoms with Gasteiger partial charge in [0.15, 0.2) is 0 Å². The van der Waals surface area contributed by atoms with Crippen LogP contribution in [-0.2, 0) is 6.54 Å². The van der Waals surface area contributed by atoms with Crippen LogP contribution in [0.1, 0.15) is 5.69 Å². The largest absolute Gasteiger partial charge is 0.481 e. The molecule has 21 heavy (non-hydrogen) atoms. The molecule has 0 bridgehead atoms. The Morgan fingerprint density at radius 2 is 2.14 bits per heavy atom. The Morgan fingerprint density at radius 3 is 2.95 bits per heavy atom. The van der Waals surface area contributed by atoms with E-state index in [9.17, 15) is 0 Å². The lowest BCUT2D eigenvalue weighted by molar-refractivity contribution is 0.397. The van der Waals surface area contributed by atoms with Crippen molar-refractivity contribution < 1.29 is 4.74 Å². The van der Waals surface area contributed by atoms with Gasteiger partial charge in [0.1, 0.15) is 10.7 Å². The first-order valence-corrected chi connectivity index (χ1v) is 7.05. The van der Waals surface area contributed by atoms with Crippen molar-refractivity contribution in [2.24, 2.45) is 0 Å². The molecule has 0 unspecified atom stereocenters. The van der Waals surface area contributed by atoms with Gasteiger partial charge in [0.05, 0.1) is 25.5 Å². The molecule has 1 N–H and O–H groups in total. The molecule has 0 aliphatic heterocycles. The minimum atomic E-state index is 0.503. The second-order valence-electron chi connectivity index (χ2n) is 4.01. The molecule has 0 fully saturated rings. The quantitative estimate of drug-likeness (QED) is 0.771. The molecule has 0 saturated carbocycles. The van der Waals surface area contributed by atoms with Gasteiger partial charge in [-0.15, -0.1) is 11.3 Å². The highest BCUT2D eigenvalue weighted by Crippen LogP contribution is 2.21. The van der Waals surface area contributed by atoms with E-state index in [1.54, 1.807) is 38.0 Å². The summed E-state index contributed by atoms with van der Waals surface area (Å²) in [5.41, 5.74) is 1.67. The van der Waals surface area contributed by atoms with Gasteiger partial charge in [0, 0.05) is 30.0 Å². The Morgan fingerprint density at radius 1 is 1.19 bits per heavy atom. The maximum absolute atomic E-state index is 5.05. The summed E-state index contributed by atoms with van der Waals surface area (Å²) in [6.07, 6.45) is 6.62. The molecule has 0 aromatic carbocycles. The number of rotatable bonds is 5. The summed E-state index contributed by atoms with van der Waals surface area (Å²) in [6, 6.07) is 1.69. The van der Waals surface area contributed by atoms with Gasteiger partial charge in [-0.2, -0.15) is 4.98 Å². The van der Waals surface area contributed by atoms with Crippen molar-refractivity contribution in [1.82, 2.24) is 24.9 Å². The molecule has 8 heteroatoms. The smallest absolute Gasteiger partial charge is 0.226 e. The average molecular weight is 300 g/mol. The van der Waals surface area contributed by atoms with Crippen molar-refractivity contribution in [3.05, 3.63) is 41.9 Å². The van der Waals surface area contributed by atoms with Crippen molar-refractivity contribution in [2.45, 2.75) is 6.54 Å². The minimum absolute atomic E-state index is 0.503. The molecule has 0 amide bonds. The van der Waals surface area contributed by atoms with E-state index in [0.29, 0.717) is 18.4 Å². The molecule has 0 aliphatic rings. The van der Waals surface area contributed by atoms with Crippen LogP contribution in [0, 0.1) is 0 Å². The highest BCUT2D eigenvalue weighted by atomic mass is 32.1. The molecule has 0 spiro atoms. The van der Waals surface area contributed by atoms with Gasteiger partial charge in [0.2, 0.25) is 11.8 Å². The molecule has 3 aromatic rings. The Labute approximate surface area is 125 Å². The Hall–Kier alpha value is -2.61. The Balaban J connectivity index is 1.67. The summed E-state index contributed by atoms with van der Waals surface area (Å²) >= 11 is 1.53. The lowest BCUT2D eigenvalue weighted by Crippen LogP contribution is -2.04. The number of methoxy groups -OCH3 is 1. The van der Waals surface area contributed by atoms with Gasteiger partial charge in [-0.3, -0.25) is 9.97 Å². The lowest BCUT2D eigenvalue weighted by atomic mass is 10.4. The van der Waals surface area contributed by atoms with E-state index >= 15 is 0 Å². The van der Waals surface area contributed by atoms with Gasteiger partial charge >= 0.3 is 0 Å². The van der Waals surface area contributed by atoms with Crippen LogP contribution in [0.25, 0.3) is 10.7 Å². The van der Waals surface area contributed by atoms with Crippen molar-refractivity contribution in [2.75, 3.05) is 12.4 Å². The molecule has 106 valence electrons. The maximum atomic E-state index is 5.05. The molecule has 3 heterocycles. The molecule has 0 saturated heterocycles. The highest BCUT2D eigenvalue weighted by molar-refractivity contribution is 7.13. The lowest BCUT2D eigenvalue weighted by Gasteiger charge is -2.03. The molecule has 0 aliphatic carbocycles. The molecule has 0 radical (unpaired) electrons. The number of nitrogens with one attached hydrogen (secondary N) is 1. The van der Waals surface area contributed by atoms with Gasteiger partial charge in [-0.25, -0.2) is 9.97 Å². The maximum Gasteiger partial charge on any atom is 0.226 e. The number of aromatic nitrogens is 5. The van der Waals surface area contributed by atoms with E-state index < -0.39 is 0 Å². The van der Waals surface area contributed by atoms with Crippen LogP contribution in [-0.4, -0.2) is 32.0 Å². The summed E-state index contributed by atoms with van der Waals surface area (Å²) in [7, 11) is 1.57. The van der Waals surface area contributed by atoms with Crippen molar-refractivity contribution in [3.63, 3.8) is 0 Å². The first-order chi connectivity index (χ1) is 10.3. The first-order valence-electron chi connectivity index (χ1n) is 6.17. The van der Waals surface area contributed by atoms with Crippen LogP contribution in [0.3, 0.4) is 0 Å². The van der Waals surface area contributed by atoms with Crippen LogP contribution < -0.4 is 10.1 Å². The van der Waals surface area contributed by atoms with E-state index in [0.717, 1.165) is 16.4 Å². The third kappa shape index (κ3) is 3.29. The van der Waals surface area contributed by atoms with Gasteiger partial charge in [0.25, 0.3) is 0 Å². The van der Waals surface area contributed by atoms with E-state index in [2.05, 4.69) is 30.2 Å². The summed E-state index contributed by atoms with van der Waals surface area (Å²) in [5, 5.41) is 5.92. The van der Waals surface area contributed by atoms with Crippen LogP contribution in [0.2, 0.25) is 0 Å². The third-order valence-electron chi connectivity index (χ3n) is 2.60. The molecule has 3 rings (SSSR count). The second-order valence-corrected chi connectivity index (χ2v) is 4.87. The van der Waals surface area contributed by atoms with E-state index in [-0.39, 0.29) is 0 Å². The van der Waals surface area contributed by atoms with E-state index in [4.69, 9.17) is 4.74 Å². The monoisotopic (exact) mass is 300 g/mol. The summed E-state index contributed by atoms with van der Waals surface area (Å²) < 4.78 is 5.05. The number of hydrogen-bond acceptors (Lipinski definition) is 8. The van der Waals surface area contributed by atoms with Crippen molar-refractivity contribution in [3.8, 4) is 16.6 Å². The standard InChI is InChI=1S/C13H12N6OS/c1-20-11-2-3-16-13(19-11)17-6-9-8-21-12(18-9)10-7-14-4-5-15-10/h2-5,7-8H,6H2,1H3,(H,16,17,19). The zero-order valence-electron chi connectivity index (χ0n) is 11.2. The fourth-order valence-corrected chi connectivity index (χ4v) is 2.41. The zero-order chi connectivity index (χ0) is 14.5. The summed E-state index contributed by atoms with van der Waals surface area (Å²) in [5.74, 6) is 1.02. The first kappa shape index (κ1) is 13.4. The van der Waals surface area contributed by atoms with Gasteiger partial charge < -0.3 is 10.1 Å². The Bertz CT molecular complexity index is 717. The van der Waals surface area contributed by atoms with Gasteiger partial charge in [-0.05, 0) is 0 Å². The molecule has 3 aromatic heterocycles. The zero-order valence-corrected chi connectivity index (χ0v) is 12.0. The number of ether oxygens (including phenoxy) is 1. The molecule has 7 nitrogen and oxygen atoms in total. The van der Waals surface area contributed by atoms with Crippen molar-refractivity contribution >= 4 is 17.3 Å². The summed E-state index contributed by atoms with van der Waals surface area (Å²) in [6.45, 7) is 0.532. The molecular weight excluding hydrogens is 288 g/mol. The van der Waals surface area contributed by atoms with Crippen LogP contribution >= 0.6 is 11.3 Å². The predicted octanol–water partition coefficient (Wildman–Crippen LogP) is 2.01. The minimum Gasteiger partial charge on any atom is -0.481 e. The summed E-state index contributed by atoms with van der Waals surface area (Å²) in [4.78, 5) is 21.1. The van der Waals surface area contributed by atoms with Crippen LogP contribution in [0.15, 0.2) is 36.2 Å². The fourth-order valence-electron chi connectivity index (χ4n) is 1.63. The fraction of sp³-hybridized carbons (Fsp3) is 0.154. The number of thiazole rings is 1. The molecular formula is C13H12N6OS. The second kappa shape index (κ2) is 6.23. The van der Waals surface area contributed by atoms with E-state index in [1.807, 2.05) is 5.38 Å². The number of nitrogens with zero attached hydrogens (tertiary/aromatic N) is 5. The normalized spacial score (nSPS) is 10.3. The topological polar surface area (TPSA) is 85.7 Å². The van der Waals surface area contributed by atoms with Crippen LogP contribution in [0.4, 0.5) is 5.95 Å². The molecule has 0 atom stereocenters. The number of hydrogen-bond donors (Lipinski definition) is 1. The SMILES string of the molecule is COc1ccnc(NCc2csc(-c3cnccn3)n2)n1. The third-order valence-corrected chi connectivity index (χ3v) is 3.51. The predicted molar refractivity (Wildman–Crippen MR) is 79.1 cm³/mol.